The topological polar surface area (TPSA) is 24.1 Å². The maximum absolute atomic E-state index is 3.87. The van der Waals surface area contributed by atoms with Crippen molar-refractivity contribution in [2.24, 2.45) is 16.7 Å². The molecule has 1 saturated carbocycles. The first kappa shape index (κ1) is 14.3. The molecule has 1 saturated heterocycles. The van der Waals surface area contributed by atoms with Crippen LogP contribution in [-0.2, 0) is 0 Å². The van der Waals surface area contributed by atoms with E-state index in [4.69, 9.17) is 0 Å². The molecular formula is C16H32N2. The number of rotatable bonds is 3. The first-order valence-corrected chi connectivity index (χ1v) is 7.80. The van der Waals surface area contributed by atoms with Gasteiger partial charge in [-0.05, 0) is 68.5 Å². The van der Waals surface area contributed by atoms with E-state index in [9.17, 15) is 0 Å². The van der Waals surface area contributed by atoms with Gasteiger partial charge in [-0.25, -0.2) is 0 Å². The van der Waals surface area contributed by atoms with Crippen molar-refractivity contribution in [2.75, 3.05) is 19.6 Å². The number of hydrogen-bond donors (Lipinski definition) is 2. The largest absolute Gasteiger partial charge is 0.317 e. The number of hydrogen-bond acceptors (Lipinski definition) is 2. The molecule has 1 aliphatic heterocycles. The van der Waals surface area contributed by atoms with Gasteiger partial charge in [-0.3, -0.25) is 0 Å². The van der Waals surface area contributed by atoms with E-state index in [2.05, 4.69) is 38.3 Å². The molecule has 0 spiro atoms. The predicted molar refractivity (Wildman–Crippen MR) is 78.8 cm³/mol. The molecule has 0 radical (unpaired) electrons. The molecule has 1 heterocycles. The van der Waals surface area contributed by atoms with Gasteiger partial charge in [0, 0.05) is 6.04 Å². The summed E-state index contributed by atoms with van der Waals surface area (Å²) in [5.74, 6) is 0.902. The molecule has 2 fully saturated rings. The Kier molecular flexibility index (Phi) is 4.38. The fourth-order valence-electron chi connectivity index (χ4n) is 4.41. The number of nitrogens with one attached hydrogen (secondary N) is 2. The molecule has 0 aromatic carbocycles. The molecule has 2 rings (SSSR count). The van der Waals surface area contributed by atoms with Gasteiger partial charge in [-0.15, -0.1) is 0 Å². The van der Waals surface area contributed by atoms with Crippen molar-refractivity contribution in [2.45, 2.75) is 65.8 Å². The van der Waals surface area contributed by atoms with Crippen LogP contribution in [0.4, 0.5) is 0 Å². The Labute approximate surface area is 113 Å². The smallest absolute Gasteiger partial charge is 0.00773 e. The Bertz CT molecular complexity index is 248. The second kappa shape index (κ2) is 5.50. The van der Waals surface area contributed by atoms with Gasteiger partial charge in [0.2, 0.25) is 0 Å². The van der Waals surface area contributed by atoms with Crippen molar-refractivity contribution in [3.63, 3.8) is 0 Å². The molecule has 2 aliphatic rings. The van der Waals surface area contributed by atoms with E-state index in [1.54, 1.807) is 0 Å². The van der Waals surface area contributed by atoms with Crippen LogP contribution in [0.5, 0.6) is 0 Å². The Morgan fingerprint density at radius 1 is 1.00 bits per heavy atom. The molecule has 0 aromatic heterocycles. The minimum absolute atomic E-state index is 0.507. The molecule has 0 amide bonds. The van der Waals surface area contributed by atoms with Gasteiger partial charge >= 0.3 is 0 Å². The highest BCUT2D eigenvalue weighted by Crippen LogP contribution is 2.45. The quantitative estimate of drug-likeness (QED) is 0.806. The second-order valence-electron chi connectivity index (χ2n) is 8.21. The summed E-state index contributed by atoms with van der Waals surface area (Å²) in [5.41, 5.74) is 1.01. The minimum Gasteiger partial charge on any atom is -0.317 e. The Morgan fingerprint density at radius 3 is 2.11 bits per heavy atom. The lowest BCUT2D eigenvalue weighted by atomic mass is 9.63. The van der Waals surface area contributed by atoms with Crippen molar-refractivity contribution in [1.29, 1.82) is 0 Å². The molecule has 1 aliphatic carbocycles. The SMILES string of the molecule is CC1(C)CC(NCC2CCNCC2)CC(C)(C)C1. The van der Waals surface area contributed by atoms with Gasteiger partial charge in [0.05, 0.1) is 0 Å². The average Bonchev–Trinajstić information content (AvgIpc) is 2.24. The van der Waals surface area contributed by atoms with Crippen LogP contribution in [-0.4, -0.2) is 25.7 Å². The first-order valence-electron chi connectivity index (χ1n) is 7.80. The third-order valence-corrected chi connectivity index (χ3v) is 4.71. The summed E-state index contributed by atoms with van der Waals surface area (Å²) < 4.78 is 0. The number of piperidine rings is 1. The van der Waals surface area contributed by atoms with E-state index < -0.39 is 0 Å². The highest BCUT2D eigenvalue weighted by atomic mass is 14.9. The summed E-state index contributed by atoms with van der Waals surface area (Å²) in [4.78, 5) is 0. The standard InChI is InChI=1S/C16H32N2/c1-15(2)9-14(10-16(3,4)12-15)18-11-13-5-7-17-8-6-13/h13-14,17-18H,5-12H2,1-4H3. The summed E-state index contributed by atoms with van der Waals surface area (Å²) in [5, 5.41) is 7.33. The van der Waals surface area contributed by atoms with Crippen molar-refractivity contribution in [1.82, 2.24) is 10.6 Å². The van der Waals surface area contributed by atoms with Gasteiger partial charge in [-0.2, -0.15) is 0 Å². The van der Waals surface area contributed by atoms with E-state index in [0.717, 1.165) is 12.0 Å². The van der Waals surface area contributed by atoms with E-state index in [0.29, 0.717) is 10.8 Å². The van der Waals surface area contributed by atoms with E-state index in [1.165, 1.54) is 51.7 Å². The van der Waals surface area contributed by atoms with Gasteiger partial charge in [0.1, 0.15) is 0 Å². The zero-order valence-corrected chi connectivity index (χ0v) is 12.8. The maximum atomic E-state index is 3.87. The molecule has 0 unspecified atom stereocenters. The summed E-state index contributed by atoms with van der Waals surface area (Å²) in [7, 11) is 0. The van der Waals surface area contributed by atoms with Crippen LogP contribution >= 0.6 is 0 Å². The zero-order chi connectivity index (χ0) is 13.2. The Morgan fingerprint density at radius 2 is 1.56 bits per heavy atom. The van der Waals surface area contributed by atoms with Crippen molar-refractivity contribution >= 4 is 0 Å². The maximum Gasteiger partial charge on any atom is 0.00773 e. The highest BCUT2D eigenvalue weighted by Gasteiger charge is 2.38. The van der Waals surface area contributed by atoms with E-state index in [1.807, 2.05) is 0 Å². The Balaban J connectivity index is 1.81. The predicted octanol–water partition coefficient (Wildman–Crippen LogP) is 3.18. The van der Waals surface area contributed by atoms with Crippen LogP contribution in [0.2, 0.25) is 0 Å². The molecule has 0 atom stereocenters. The lowest BCUT2D eigenvalue weighted by molar-refractivity contribution is 0.0826. The van der Waals surface area contributed by atoms with Crippen molar-refractivity contribution in [3.8, 4) is 0 Å². The molecule has 0 aromatic rings. The lowest BCUT2D eigenvalue weighted by Crippen LogP contribution is -2.46. The molecule has 0 bridgehead atoms. The van der Waals surface area contributed by atoms with E-state index >= 15 is 0 Å². The first-order chi connectivity index (χ1) is 8.36. The van der Waals surface area contributed by atoms with Gasteiger partial charge in [0.25, 0.3) is 0 Å². The Hall–Kier alpha value is -0.0800. The molecule has 18 heavy (non-hydrogen) atoms. The normalized spacial score (nSPS) is 29.3. The van der Waals surface area contributed by atoms with Gasteiger partial charge in [-0.1, -0.05) is 27.7 Å². The van der Waals surface area contributed by atoms with Crippen LogP contribution in [0, 0.1) is 16.7 Å². The van der Waals surface area contributed by atoms with Crippen LogP contribution in [0.1, 0.15) is 59.8 Å². The zero-order valence-electron chi connectivity index (χ0n) is 12.8. The van der Waals surface area contributed by atoms with E-state index in [-0.39, 0.29) is 0 Å². The molecule has 2 N–H and O–H groups in total. The highest BCUT2D eigenvalue weighted by molar-refractivity contribution is 4.92. The van der Waals surface area contributed by atoms with Crippen LogP contribution in [0.15, 0.2) is 0 Å². The monoisotopic (exact) mass is 252 g/mol. The van der Waals surface area contributed by atoms with Crippen molar-refractivity contribution in [3.05, 3.63) is 0 Å². The minimum atomic E-state index is 0.507. The second-order valence-corrected chi connectivity index (χ2v) is 8.21. The molecule has 106 valence electrons. The lowest BCUT2D eigenvalue weighted by Gasteiger charge is -2.45. The van der Waals surface area contributed by atoms with Crippen molar-refractivity contribution < 1.29 is 0 Å². The third kappa shape index (κ3) is 4.24. The summed E-state index contributed by atoms with van der Waals surface area (Å²) in [6.07, 6.45) is 6.77. The third-order valence-electron chi connectivity index (χ3n) is 4.71. The fraction of sp³-hybridized carbons (Fsp3) is 1.00. The molecule has 2 heteroatoms. The fourth-order valence-corrected chi connectivity index (χ4v) is 4.41. The summed E-state index contributed by atoms with van der Waals surface area (Å²) in [6, 6.07) is 0.735. The molecular weight excluding hydrogens is 220 g/mol. The average molecular weight is 252 g/mol. The summed E-state index contributed by atoms with van der Waals surface area (Å²) >= 11 is 0. The van der Waals surface area contributed by atoms with Gasteiger partial charge in [0.15, 0.2) is 0 Å². The van der Waals surface area contributed by atoms with Crippen LogP contribution < -0.4 is 10.6 Å². The van der Waals surface area contributed by atoms with Crippen LogP contribution in [0.25, 0.3) is 0 Å². The molecule has 2 nitrogen and oxygen atoms in total. The van der Waals surface area contributed by atoms with Gasteiger partial charge < -0.3 is 10.6 Å². The van der Waals surface area contributed by atoms with Crippen LogP contribution in [0.3, 0.4) is 0 Å². The summed E-state index contributed by atoms with van der Waals surface area (Å²) in [6.45, 7) is 13.4.